The van der Waals surface area contributed by atoms with Gasteiger partial charge in [-0.25, -0.2) is 0 Å². The molecule has 0 aliphatic heterocycles. The molecular weight excluding hydrogens is 282 g/mol. The molecule has 0 unspecified atom stereocenters. The molecule has 112 valence electrons. The summed E-state index contributed by atoms with van der Waals surface area (Å²) in [7, 11) is 1.83. The third-order valence-electron chi connectivity index (χ3n) is 3.41. The summed E-state index contributed by atoms with van der Waals surface area (Å²) in [5.41, 5.74) is 1.71. The molecule has 1 aromatic carbocycles. The lowest BCUT2D eigenvalue weighted by Crippen LogP contribution is -2.45. The van der Waals surface area contributed by atoms with E-state index in [0.29, 0.717) is 6.42 Å². The summed E-state index contributed by atoms with van der Waals surface area (Å²) in [6, 6.07) is 9.69. The Labute approximate surface area is 129 Å². The molecule has 0 saturated carbocycles. The average molecular weight is 303 g/mol. The highest BCUT2D eigenvalue weighted by molar-refractivity contribution is 7.06. The molecule has 4 nitrogen and oxygen atoms in total. The smallest absolute Gasteiger partial charge is 0.155 e. The highest BCUT2D eigenvalue weighted by atomic mass is 32.1. The van der Waals surface area contributed by atoms with Crippen molar-refractivity contribution in [2.75, 3.05) is 7.05 Å². The maximum absolute atomic E-state index is 12.6. The molecule has 0 bridgehead atoms. The fourth-order valence-corrected chi connectivity index (χ4v) is 3.15. The summed E-state index contributed by atoms with van der Waals surface area (Å²) in [6.07, 6.45) is 0.366. The van der Waals surface area contributed by atoms with E-state index in [4.69, 9.17) is 0 Å². The molecule has 2 rings (SSSR count). The van der Waals surface area contributed by atoms with Gasteiger partial charge in [-0.15, -0.1) is 5.10 Å². The van der Waals surface area contributed by atoms with Crippen molar-refractivity contribution < 1.29 is 4.79 Å². The first-order valence-corrected chi connectivity index (χ1v) is 7.77. The monoisotopic (exact) mass is 303 g/mol. The first kappa shape index (κ1) is 15.8. The van der Waals surface area contributed by atoms with Crippen LogP contribution in [0, 0.1) is 5.41 Å². The normalized spacial score (nSPS) is 13.1. The number of carbonyl (C=O) groups is 1. The van der Waals surface area contributed by atoms with Gasteiger partial charge in [0.25, 0.3) is 0 Å². The van der Waals surface area contributed by atoms with E-state index in [1.54, 1.807) is 0 Å². The van der Waals surface area contributed by atoms with Crippen molar-refractivity contribution >= 4 is 17.3 Å². The van der Waals surface area contributed by atoms with E-state index in [9.17, 15) is 4.79 Å². The number of hydrogen-bond acceptors (Lipinski definition) is 5. The van der Waals surface area contributed by atoms with Gasteiger partial charge in [0.15, 0.2) is 5.78 Å². The molecule has 1 atom stereocenters. The number of likely N-dealkylation sites (N-methyl/N-ethyl adjacent to an activating group) is 1. The Hall–Kier alpha value is -1.59. The van der Waals surface area contributed by atoms with E-state index in [1.165, 1.54) is 11.5 Å². The van der Waals surface area contributed by atoms with Gasteiger partial charge in [0, 0.05) is 12.0 Å². The standard InChI is InChI=1S/C16H21N3OS/c1-16(2,3)15(17-4)12(20)10-13-14(18-19-21-13)11-8-6-5-7-9-11/h5-9,15,17H,10H2,1-4H3/t15-/m1/s1. The summed E-state index contributed by atoms with van der Waals surface area (Å²) < 4.78 is 4.02. The summed E-state index contributed by atoms with van der Waals surface area (Å²) >= 11 is 1.30. The Balaban J connectivity index is 2.22. The van der Waals surface area contributed by atoms with Crippen LogP contribution in [-0.2, 0) is 11.2 Å². The fourth-order valence-electron chi connectivity index (χ4n) is 2.48. The van der Waals surface area contributed by atoms with E-state index in [0.717, 1.165) is 16.1 Å². The lowest BCUT2D eigenvalue weighted by atomic mass is 9.83. The third kappa shape index (κ3) is 3.74. The second-order valence-corrected chi connectivity index (χ2v) is 6.98. The predicted molar refractivity (Wildman–Crippen MR) is 86.4 cm³/mol. The number of nitrogens with one attached hydrogen (secondary N) is 1. The molecular formula is C16H21N3OS. The zero-order chi connectivity index (χ0) is 15.5. The Morgan fingerprint density at radius 2 is 1.95 bits per heavy atom. The summed E-state index contributed by atoms with van der Waals surface area (Å²) in [5, 5.41) is 7.31. The maximum atomic E-state index is 12.6. The second-order valence-electron chi connectivity index (χ2n) is 6.14. The van der Waals surface area contributed by atoms with Crippen LogP contribution in [0.4, 0.5) is 0 Å². The third-order valence-corrected chi connectivity index (χ3v) is 4.14. The van der Waals surface area contributed by atoms with Gasteiger partial charge >= 0.3 is 0 Å². The molecule has 0 aliphatic rings. The van der Waals surface area contributed by atoms with Crippen LogP contribution in [0.1, 0.15) is 25.6 Å². The van der Waals surface area contributed by atoms with Gasteiger partial charge in [-0.2, -0.15) is 0 Å². The predicted octanol–water partition coefficient (Wildman–Crippen LogP) is 2.95. The van der Waals surface area contributed by atoms with Crippen molar-refractivity contribution in [1.82, 2.24) is 14.9 Å². The van der Waals surface area contributed by atoms with Crippen LogP contribution in [0.5, 0.6) is 0 Å². The average Bonchev–Trinajstić information content (AvgIpc) is 2.87. The van der Waals surface area contributed by atoms with Gasteiger partial charge in [0.05, 0.1) is 10.9 Å². The van der Waals surface area contributed by atoms with E-state index in [-0.39, 0.29) is 17.2 Å². The van der Waals surface area contributed by atoms with Crippen molar-refractivity contribution in [3.05, 3.63) is 35.2 Å². The number of rotatable bonds is 5. The molecule has 5 heteroatoms. The van der Waals surface area contributed by atoms with Crippen molar-refractivity contribution in [1.29, 1.82) is 0 Å². The highest BCUT2D eigenvalue weighted by Crippen LogP contribution is 2.26. The summed E-state index contributed by atoms with van der Waals surface area (Å²) in [6.45, 7) is 6.19. The van der Waals surface area contributed by atoms with Gasteiger partial charge in [0.2, 0.25) is 0 Å². The first-order chi connectivity index (χ1) is 9.93. The van der Waals surface area contributed by atoms with E-state index in [1.807, 2.05) is 37.4 Å². The fraction of sp³-hybridized carbons (Fsp3) is 0.438. The van der Waals surface area contributed by atoms with Crippen molar-refractivity contribution in [2.45, 2.75) is 33.2 Å². The van der Waals surface area contributed by atoms with Crippen LogP contribution in [-0.4, -0.2) is 28.5 Å². The topological polar surface area (TPSA) is 54.9 Å². The number of aromatic nitrogens is 2. The molecule has 1 N–H and O–H groups in total. The number of Topliss-reactive ketones (excluding diaryl/α,β-unsaturated/α-hetero) is 1. The number of benzene rings is 1. The highest BCUT2D eigenvalue weighted by Gasteiger charge is 2.30. The Morgan fingerprint density at radius 1 is 1.29 bits per heavy atom. The van der Waals surface area contributed by atoms with Crippen LogP contribution < -0.4 is 5.32 Å². The zero-order valence-corrected chi connectivity index (χ0v) is 13.7. The van der Waals surface area contributed by atoms with E-state index in [2.05, 4.69) is 35.7 Å². The van der Waals surface area contributed by atoms with Crippen molar-refractivity contribution in [3.8, 4) is 11.3 Å². The molecule has 0 saturated heterocycles. The minimum atomic E-state index is -0.178. The minimum absolute atomic E-state index is 0.114. The molecule has 1 aromatic heterocycles. The van der Waals surface area contributed by atoms with E-state index < -0.39 is 0 Å². The minimum Gasteiger partial charge on any atom is -0.310 e. The SMILES string of the molecule is CN[C@H](C(=O)Cc1snnc1-c1ccccc1)C(C)(C)C. The lowest BCUT2D eigenvalue weighted by molar-refractivity contribution is -0.122. The molecule has 0 aliphatic carbocycles. The van der Waals surface area contributed by atoms with Gasteiger partial charge in [-0.3, -0.25) is 4.79 Å². The van der Waals surface area contributed by atoms with E-state index >= 15 is 0 Å². The molecule has 0 radical (unpaired) electrons. The van der Waals surface area contributed by atoms with Gasteiger partial charge in [-0.05, 0) is 24.0 Å². The molecule has 0 spiro atoms. The van der Waals surface area contributed by atoms with Gasteiger partial charge < -0.3 is 5.32 Å². The molecule has 0 amide bonds. The van der Waals surface area contributed by atoms with Gasteiger partial charge in [-0.1, -0.05) is 55.6 Å². The van der Waals surface area contributed by atoms with Crippen LogP contribution in [0.25, 0.3) is 11.3 Å². The summed E-state index contributed by atoms with van der Waals surface area (Å²) in [5.74, 6) is 0.174. The molecule has 1 heterocycles. The van der Waals surface area contributed by atoms with Crippen molar-refractivity contribution in [3.63, 3.8) is 0 Å². The lowest BCUT2D eigenvalue weighted by Gasteiger charge is -2.28. The van der Waals surface area contributed by atoms with Crippen LogP contribution >= 0.6 is 11.5 Å². The number of carbonyl (C=O) groups excluding carboxylic acids is 1. The summed E-state index contributed by atoms with van der Waals surface area (Å²) in [4.78, 5) is 13.5. The number of ketones is 1. The second kappa shape index (κ2) is 6.45. The number of hydrogen-bond donors (Lipinski definition) is 1. The van der Waals surface area contributed by atoms with Crippen molar-refractivity contribution in [2.24, 2.45) is 5.41 Å². The van der Waals surface area contributed by atoms with Crippen LogP contribution in [0.15, 0.2) is 30.3 Å². The molecule has 0 fully saturated rings. The zero-order valence-electron chi connectivity index (χ0n) is 12.9. The Morgan fingerprint density at radius 3 is 2.52 bits per heavy atom. The largest absolute Gasteiger partial charge is 0.310 e. The molecule has 21 heavy (non-hydrogen) atoms. The first-order valence-electron chi connectivity index (χ1n) is 7.00. The Bertz CT molecular complexity index is 601. The Kier molecular flexibility index (Phi) is 4.85. The molecule has 2 aromatic rings. The van der Waals surface area contributed by atoms with Gasteiger partial charge in [0.1, 0.15) is 5.69 Å². The van der Waals surface area contributed by atoms with Crippen LogP contribution in [0.3, 0.4) is 0 Å². The number of nitrogens with zero attached hydrogens (tertiary/aromatic N) is 2. The quantitative estimate of drug-likeness (QED) is 0.922. The maximum Gasteiger partial charge on any atom is 0.155 e. The van der Waals surface area contributed by atoms with Crippen LogP contribution in [0.2, 0.25) is 0 Å².